The minimum Gasteiger partial charge on any atom is -0.497 e. The Kier molecular flexibility index (Phi) is 6.15. The van der Waals surface area contributed by atoms with E-state index in [2.05, 4.69) is 9.44 Å². The number of nitrogens with one attached hydrogen (secondary N) is 2. The summed E-state index contributed by atoms with van der Waals surface area (Å²) in [6.45, 7) is 0.333. The zero-order valence-corrected chi connectivity index (χ0v) is 14.1. The lowest BCUT2D eigenvalue weighted by molar-refractivity contribution is 0.414. The zero-order chi connectivity index (χ0) is 16.7. The SMILES string of the molecule is CNS(=O)(=O)NCC(Cc1ccc(OC)cc1)c1ccccc1. The molecule has 0 amide bonds. The lowest BCUT2D eigenvalue weighted by Crippen LogP contribution is -2.37. The molecule has 0 radical (unpaired) electrons. The molecule has 0 fully saturated rings. The predicted molar refractivity (Wildman–Crippen MR) is 91.9 cm³/mol. The molecule has 23 heavy (non-hydrogen) atoms. The van der Waals surface area contributed by atoms with Gasteiger partial charge < -0.3 is 4.74 Å². The van der Waals surface area contributed by atoms with Gasteiger partial charge in [-0.1, -0.05) is 42.5 Å². The molecular weight excluding hydrogens is 312 g/mol. The second-order valence-electron chi connectivity index (χ2n) is 5.22. The summed E-state index contributed by atoms with van der Waals surface area (Å²) >= 11 is 0. The molecule has 0 bridgehead atoms. The summed E-state index contributed by atoms with van der Waals surface area (Å²) in [6, 6.07) is 17.7. The van der Waals surface area contributed by atoms with E-state index in [0.717, 1.165) is 23.3 Å². The minimum absolute atomic E-state index is 0.0488. The third kappa shape index (κ3) is 5.35. The van der Waals surface area contributed by atoms with Crippen molar-refractivity contribution < 1.29 is 13.2 Å². The van der Waals surface area contributed by atoms with Crippen LogP contribution in [0, 0.1) is 0 Å². The molecule has 124 valence electrons. The van der Waals surface area contributed by atoms with E-state index in [0.29, 0.717) is 6.54 Å². The number of hydrogen-bond acceptors (Lipinski definition) is 3. The minimum atomic E-state index is -3.45. The highest BCUT2D eigenvalue weighted by Gasteiger charge is 2.15. The van der Waals surface area contributed by atoms with Gasteiger partial charge in [0.15, 0.2) is 0 Å². The van der Waals surface area contributed by atoms with E-state index in [1.165, 1.54) is 7.05 Å². The van der Waals surface area contributed by atoms with Gasteiger partial charge in [0.2, 0.25) is 0 Å². The van der Waals surface area contributed by atoms with Crippen LogP contribution >= 0.6 is 0 Å². The first-order valence-corrected chi connectivity index (χ1v) is 8.88. The van der Waals surface area contributed by atoms with Crippen LogP contribution in [0.1, 0.15) is 17.0 Å². The highest BCUT2D eigenvalue weighted by molar-refractivity contribution is 7.87. The fourth-order valence-electron chi connectivity index (χ4n) is 2.36. The van der Waals surface area contributed by atoms with Crippen molar-refractivity contribution in [3.05, 3.63) is 65.7 Å². The van der Waals surface area contributed by atoms with Gasteiger partial charge in [-0.05, 0) is 29.7 Å². The van der Waals surface area contributed by atoms with Gasteiger partial charge >= 0.3 is 0 Å². The molecule has 0 aliphatic carbocycles. The normalized spacial score (nSPS) is 12.8. The van der Waals surface area contributed by atoms with E-state index in [4.69, 9.17) is 4.74 Å². The van der Waals surface area contributed by atoms with E-state index >= 15 is 0 Å². The molecule has 0 aromatic heterocycles. The van der Waals surface area contributed by atoms with Crippen LogP contribution < -0.4 is 14.2 Å². The van der Waals surface area contributed by atoms with Crippen molar-refractivity contribution >= 4 is 10.2 Å². The largest absolute Gasteiger partial charge is 0.497 e. The third-order valence-corrected chi connectivity index (χ3v) is 4.78. The van der Waals surface area contributed by atoms with Gasteiger partial charge in [-0.2, -0.15) is 8.42 Å². The summed E-state index contributed by atoms with van der Waals surface area (Å²) in [5.74, 6) is 0.855. The summed E-state index contributed by atoms with van der Waals surface area (Å²) < 4.78 is 33.3. The van der Waals surface area contributed by atoms with Crippen LogP contribution in [0.2, 0.25) is 0 Å². The monoisotopic (exact) mass is 334 g/mol. The van der Waals surface area contributed by atoms with Crippen molar-refractivity contribution in [2.24, 2.45) is 0 Å². The van der Waals surface area contributed by atoms with Crippen molar-refractivity contribution in [2.45, 2.75) is 12.3 Å². The van der Waals surface area contributed by atoms with Crippen LogP contribution in [0.3, 0.4) is 0 Å². The molecule has 1 unspecified atom stereocenters. The van der Waals surface area contributed by atoms with Crippen LogP contribution in [-0.2, 0) is 16.6 Å². The first-order valence-electron chi connectivity index (χ1n) is 7.40. The van der Waals surface area contributed by atoms with E-state index in [1.54, 1.807) is 7.11 Å². The van der Waals surface area contributed by atoms with Crippen molar-refractivity contribution in [1.82, 2.24) is 9.44 Å². The van der Waals surface area contributed by atoms with Crippen LogP contribution in [0.5, 0.6) is 5.75 Å². The first-order chi connectivity index (χ1) is 11.0. The summed E-state index contributed by atoms with van der Waals surface area (Å²) in [4.78, 5) is 0. The Labute approximate surface area is 137 Å². The van der Waals surface area contributed by atoms with Crippen molar-refractivity contribution in [3.8, 4) is 5.75 Å². The van der Waals surface area contributed by atoms with Crippen molar-refractivity contribution in [1.29, 1.82) is 0 Å². The van der Waals surface area contributed by atoms with E-state index in [9.17, 15) is 8.42 Å². The van der Waals surface area contributed by atoms with Crippen LogP contribution in [0.25, 0.3) is 0 Å². The standard InChI is InChI=1S/C17H22N2O3S/c1-18-23(20,21)19-13-16(15-6-4-3-5-7-15)12-14-8-10-17(22-2)11-9-14/h3-11,16,18-19H,12-13H2,1-2H3. The number of ether oxygens (including phenoxy) is 1. The molecule has 2 rings (SSSR count). The molecule has 0 aliphatic rings. The average molecular weight is 334 g/mol. The van der Waals surface area contributed by atoms with Crippen molar-refractivity contribution in [3.63, 3.8) is 0 Å². The quantitative estimate of drug-likeness (QED) is 0.777. The Hall–Kier alpha value is -1.89. The fraction of sp³-hybridized carbons (Fsp3) is 0.294. The molecule has 1 atom stereocenters. The second-order valence-corrected chi connectivity index (χ2v) is 6.92. The molecule has 6 heteroatoms. The third-order valence-electron chi connectivity index (χ3n) is 3.70. The molecule has 0 saturated heterocycles. The molecule has 0 spiro atoms. The Morgan fingerprint density at radius 3 is 2.26 bits per heavy atom. The van der Waals surface area contributed by atoms with Gasteiger partial charge in [-0.3, -0.25) is 0 Å². The van der Waals surface area contributed by atoms with Gasteiger partial charge in [-0.15, -0.1) is 0 Å². The van der Waals surface area contributed by atoms with Crippen molar-refractivity contribution in [2.75, 3.05) is 20.7 Å². The fourth-order valence-corrected chi connectivity index (χ4v) is 2.93. The number of hydrogen-bond donors (Lipinski definition) is 2. The maximum atomic E-state index is 11.6. The highest BCUT2D eigenvalue weighted by Crippen LogP contribution is 2.22. The van der Waals surface area contributed by atoms with Crippen LogP contribution in [0.4, 0.5) is 0 Å². The van der Waals surface area contributed by atoms with E-state index < -0.39 is 10.2 Å². The second kappa shape index (κ2) is 8.10. The molecule has 2 aromatic rings. The van der Waals surface area contributed by atoms with Gasteiger partial charge in [-0.25, -0.2) is 9.44 Å². The number of methoxy groups -OCH3 is 1. The van der Waals surface area contributed by atoms with Crippen LogP contribution in [-0.4, -0.2) is 29.1 Å². The maximum Gasteiger partial charge on any atom is 0.276 e. The van der Waals surface area contributed by atoms with Gasteiger partial charge in [0, 0.05) is 19.5 Å². The van der Waals surface area contributed by atoms with Gasteiger partial charge in [0.25, 0.3) is 10.2 Å². The highest BCUT2D eigenvalue weighted by atomic mass is 32.2. The predicted octanol–water partition coefficient (Wildman–Crippen LogP) is 2.08. The zero-order valence-electron chi connectivity index (χ0n) is 13.3. The van der Waals surface area contributed by atoms with Crippen LogP contribution in [0.15, 0.2) is 54.6 Å². The molecular formula is C17H22N2O3S. The van der Waals surface area contributed by atoms with E-state index in [1.807, 2.05) is 54.6 Å². The maximum absolute atomic E-state index is 11.6. The Bertz CT molecular complexity index is 700. The molecule has 0 aliphatic heterocycles. The van der Waals surface area contributed by atoms with E-state index in [-0.39, 0.29) is 5.92 Å². The summed E-state index contributed by atoms with van der Waals surface area (Å²) in [6.07, 6.45) is 0.736. The summed E-state index contributed by atoms with van der Waals surface area (Å²) in [5, 5.41) is 0. The van der Waals surface area contributed by atoms with Gasteiger partial charge in [0.05, 0.1) is 7.11 Å². The number of rotatable bonds is 8. The molecule has 2 aromatic carbocycles. The Morgan fingerprint density at radius 1 is 1.04 bits per heavy atom. The Morgan fingerprint density at radius 2 is 1.70 bits per heavy atom. The number of benzene rings is 2. The lowest BCUT2D eigenvalue weighted by Gasteiger charge is -2.18. The molecule has 2 N–H and O–H groups in total. The molecule has 0 saturated carbocycles. The lowest BCUT2D eigenvalue weighted by atomic mass is 9.92. The molecule has 0 heterocycles. The van der Waals surface area contributed by atoms with Gasteiger partial charge in [0.1, 0.15) is 5.75 Å². The first kappa shape index (κ1) is 17.5. The average Bonchev–Trinajstić information content (AvgIpc) is 2.60. The molecule has 5 nitrogen and oxygen atoms in total. The topological polar surface area (TPSA) is 67.4 Å². The smallest absolute Gasteiger partial charge is 0.276 e. The Balaban J connectivity index is 2.15. The summed E-state index contributed by atoms with van der Waals surface area (Å²) in [7, 11) is -0.420. The summed E-state index contributed by atoms with van der Waals surface area (Å²) in [5.41, 5.74) is 2.23.